The predicted octanol–water partition coefficient (Wildman–Crippen LogP) is 2.94. The third kappa shape index (κ3) is 3.93. The highest BCUT2D eigenvalue weighted by molar-refractivity contribution is 9.10. The maximum atomic E-state index is 13.6. The first-order chi connectivity index (χ1) is 15.9. The molecule has 0 spiro atoms. The summed E-state index contributed by atoms with van der Waals surface area (Å²) in [7, 11) is 1.55. The SMILES string of the molecule is COCc1cc2c(cc1C(=O)N1CCc3cc(Br)cnc31)[nH]c(=O)c(=N)n2C(=N)CC1CC1. The van der Waals surface area contributed by atoms with Gasteiger partial charge in [0.2, 0.25) is 0 Å². The van der Waals surface area contributed by atoms with E-state index in [1.54, 1.807) is 30.3 Å². The number of nitrogens with one attached hydrogen (secondary N) is 3. The number of hydrogen-bond acceptors (Lipinski definition) is 6. The second-order valence-electron chi connectivity index (χ2n) is 8.53. The summed E-state index contributed by atoms with van der Waals surface area (Å²) in [5.41, 5.74) is 2.04. The molecule has 1 amide bonds. The number of rotatable bonds is 5. The van der Waals surface area contributed by atoms with Gasteiger partial charge in [0.25, 0.3) is 11.5 Å². The van der Waals surface area contributed by atoms with Crippen LogP contribution in [0.15, 0.2) is 33.7 Å². The molecule has 3 aromatic rings. The van der Waals surface area contributed by atoms with Gasteiger partial charge >= 0.3 is 0 Å². The molecule has 1 saturated carbocycles. The molecule has 2 aliphatic rings. The summed E-state index contributed by atoms with van der Waals surface area (Å²) in [5.74, 6) is 1.04. The van der Waals surface area contributed by atoms with Crippen molar-refractivity contribution in [2.45, 2.75) is 32.3 Å². The van der Waals surface area contributed by atoms with Gasteiger partial charge < -0.3 is 9.72 Å². The van der Waals surface area contributed by atoms with Crippen molar-refractivity contribution in [1.29, 1.82) is 10.8 Å². The van der Waals surface area contributed by atoms with Crippen LogP contribution in [0.5, 0.6) is 0 Å². The zero-order valence-corrected chi connectivity index (χ0v) is 19.7. The quantitative estimate of drug-likeness (QED) is 0.360. The van der Waals surface area contributed by atoms with Crippen LogP contribution < -0.4 is 15.9 Å². The number of carbonyl (C=O) groups excluding carboxylic acids is 1. The highest BCUT2D eigenvalue weighted by atomic mass is 79.9. The predicted molar refractivity (Wildman–Crippen MR) is 127 cm³/mol. The summed E-state index contributed by atoms with van der Waals surface area (Å²) < 4.78 is 7.61. The van der Waals surface area contributed by atoms with Crippen molar-refractivity contribution < 1.29 is 9.53 Å². The van der Waals surface area contributed by atoms with E-state index in [4.69, 9.17) is 15.6 Å². The zero-order chi connectivity index (χ0) is 23.3. The summed E-state index contributed by atoms with van der Waals surface area (Å²) in [6.45, 7) is 0.685. The van der Waals surface area contributed by atoms with Crippen LogP contribution in [0.25, 0.3) is 11.0 Å². The maximum Gasteiger partial charge on any atom is 0.291 e. The molecule has 9 nitrogen and oxygen atoms in total. The number of hydrogen-bond donors (Lipinski definition) is 3. The Morgan fingerprint density at radius 2 is 2.12 bits per heavy atom. The monoisotopic (exact) mass is 510 g/mol. The molecule has 1 aliphatic carbocycles. The van der Waals surface area contributed by atoms with Gasteiger partial charge in [-0.2, -0.15) is 0 Å². The highest BCUT2D eigenvalue weighted by Crippen LogP contribution is 2.33. The fourth-order valence-corrected chi connectivity index (χ4v) is 4.72. The fraction of sp³-hybridized carbons (Fsp3) is 0.348. The molecule has 2 aromatic heterocycles. The topological polar surface area (TPSA) is 128 Å². The molecule has 1 fully saturated rings. The van der Waals surface area contributed by atoms with Gasteiger partial charge in [0.1, 0.15) is 11.7 Å². The molecule has 10 heteroatoms. The lowest BCUT2D eigenvalue weighted by Gasteiger charge is -2.20. The van der Waals surface area contributed by atoms with Crippen molar-refractivity contribution in [2.75, 3.05) is 18.6 Å². The Labute approximate surface area is 197 Å². The zero-order valence-electron chi connectivity index (χ0n) is 18.1. The number of carbonyl (C=O) groups is 1. The largest absolute Gasteiger partial charge is 0.380 e. The fourth-order valence-electron chi connectivity index (χ4n) is 4.34. The van der Waals surface area contributed by atoms with E-state index >= 15 is 0 Å². The second kappa shape index (κ2) is 8.35. The molecule has 0 bridgehead atoms. The van der Waals surface area contributed by atoms with E-state index in [9.17, 15) is 9.59 Å². The summed E-state index contributed by atoms with van der Waals surface area (Å²) in [6, 6.07) is 5.34. The minimum absolute atomic E-state index is 0.174. The van der Waals surface area contributed by atoms with Crippen molar-refractivity contribution in [3.63, 3.8) is 0 Å². The molecule has 3 N–H and O–H groups in total. The number of amides is 1. The average molecular weight is 511 g/mol. The summed E-state index contributed by atoms with van der Waals surface area (Å²) >= 11 is 3.42. The first kappa shape index (κ1) is 21.7. The lowest BCUT2D eigenvalue weighted by molar-refractivity contribution is 0.0984. The van der Waals surface area contributed by atoms with E-state index in [0.29, 0.717) is 53.3 Å². The van der Waals surface area contributed by atoms with Gasteiger partial charge in [-0.15, -0.1) is 0 Å². The van der Waals surface area contributed by atoms with Crippen LogP contribution >= 0.6 is 15.9 Å². The molecule has 0 radical (unpaired) electrons. The number of ether oxygens (including phenoxy) is 1. The molecular formula is C23H23BrN6O3. The smallest absolute Gasteiger partial charge is 0.291 e. The standard InChI is InChI=1S/C23H23BrN6O3/c1-33-11-14-8-18-17(28-22(31)20(26)30(18)19(25)6-12-2-3-12)9-16(14)23(32)29-5-4-13-7-15(24)10-27-21(13)29/h7-10,12,25-26H,2-6,11H2,1H3,(H,28,31). The van der Waals surface area contributed by atoms with Gasteiger partial charge in [-0.3, -0.25) is 29.9 Å². The van der Waals surface area contributed by atoms with Gasteiger partial charge in [0.15, 0.2) is 5.49 Å². The highest BCUT2D eigenvalue weighted by Gasteiger charge is 2.29. The Hall–Kier alpha value is -3.11. The van der Waals surface area contributed by atoms with Crippen molar-refractivity contribution in [3.05, 3.63) is 61.4 Å². The van der Waals surface area contributed by atoms with Crippen LogP contribution in [0, 0.1) is 16.7 Å². The Bertz CT molecular complexity index is 1420. The molecule has 33 heavy (non-hydrogen) atoms. The number of H-pyrrole nitrogens is 1. The number of halogens is 1. The van der Waals surface area contributed by atoms with E-state index in [1.165, 1.54) is 4.57 Å². The number of methoxy groups -OCH3 is 1. The minimum Gasteiger partial charge on any atom is -0.380 e. The molecule has 0 atom stereocenters. The van der Waals surface area contributed by atoms with Crippen molar-refractivity contribution in [2.24, 2.45) is 5.92 Å². The summed E-state index contributed by atoms with van der Waals surface area (Å²) in [4.78, 5) is 34.9. The molecule has 0 unspecified atom stereocenters. The molecule has 0 saturated heterocycles. The second-order valence-corrected chi connectivity index (χ2v) is 9.45. The first-order valence-corrected chi connectivity index (χ1v) is 11.6. The van der Waals surface area contributed by atoms with Crippen molar-refractivity contribution >= 4 is 44.5 Å². The summed E-state index contributed by atoms with van der Waals surface area (Å²) in [6.07, 6.45) is 5.02. The molecule has 5 rings (SSSR count). The minimum atomic E-state index is -0.598. The number of aromatic amines is 1. The van der Waals surface area contributed by atoms with E-state index in [0.717, 1.165) is 22.9 Å². The lowest BCUT2D eigenvalue weighted by atomic mass is 10.0. The molecule has 3 heterocycles. The Balaban J connectivity index is 1.64. The van der Waals surface area contributed by atoms with E-state index in [2.05, 4.69) is 25.9 Å². The van der Waals surface area contributed by atoms with Crippen molar-refractivity contribution in [3.8, 4) is 0 Å². The molecular weight excluding hydrogens is 488 g/mol. The van der Waals surface area contributed by atoms with Gasteiger partial charge in [-0.25, -0.2) is 4.98 Å². The van der Waals surface area contributed by atoms with Crippen LogP contribution in [-0.4, -0.2) is 39.9 Å². The first-order valence-electron chi connectivity index (χ1n) is 10.8. The van der Waals surface area contributed by atoms with Crippen LogP contribution in [-0.2, 0) is 17.8 Å². The molecule has 170 valence electrons. The number of pyridine rings is 1. The average Bonchev–Trinajstić information content (AvgIpc) is 3.50. The number of fused-ring (bicyclic) bond motifs is 2. The molecule has 1 aliphatic heterocycles. The number of benzene rings is 1. The normalized spacial score (nSPS) is 15.2. The Kier molecular flexibility index (Phi) is 5.49. The lowest BCUT2D eigenvalue weighted by Crippen LogP contribution is -2.40. The number of nitrogens with zero attached hydrogens (tertiary/aromatic N) is 3. The van der Waals surface area contributed by atoms with Crippen LogP contribution in [0.1, 0.15) is 40.7 Å². The van der Waals surface area contributed by atoms with E-state index < -0.39 is 5.56 Å². The van der Waals surface area contributed by atoms with Gasteiger partial charge in [0.05, 0.1) is 17.6 Å². The Morgan fingerprint density at radius 1 is 1.33 bits per heavy atom. The maximum absolute atomic E-state index is 13.6. The van der Waals surface area contributed by atoms with Gasteiger partial charge in [-0.05, 0) is 70.4 Å². The van der Waals surface area contributed by atoms with Crippen LogP contribution in [0.4, 0.5) is 5.82 Å². The Morgan fingerprint density at radius 3 is 2.85 bits per heavy atom. The van der Waals surface area contributed by atoms with E-state index in [1.807, 2.05) is 6.07 Å². The third-order valence-corrected chi connectivity index (χ3v) is 6.58. The van der Waals surface area contributed by atoms with E-state index in [-0.39, 0.29) is 23.8 Å². The van der Waals surface area contributed by atoms with Crippen molar-refractivity contribution in [1.82, 2.24) is 14.5 Å². The van der Waals surface area contributed by atoms with Crippen LogP contribution in [0.3, 0.4) is 0 Å². The third-order valence-electron chi connectivity index (χ3n) is 6.14. The number of anilines is 1. The van der Waals surface area contributed by atoms with Crippen LogP contribution in [0.2, 0.25) is 0 Å². The summed E-state index contributed by atoms with van der Waals surface area (Å²) in [5, 5.41) is 16.8. The van der Waals surface area contributed by atoms with Gasteiger partial charge in [-0.1, -0.05) is 0 Å². The van der Waals surface area contributed by atoms with Gasteiger partial charge in [0, 0.05) is 36.3 Å². The number of aromatic nitrogens is 3. The molecule has 1 aromatic carbocycles.